The third-order valence-corrected chi connectivity index (χ3v) is 4.83. The van der Waals surface area contributed by atoms with Crippen molar-refractivity contribution in [2.75, 3.05) is 13.1 Å². The molecule has 1 fully saturated rings. The lowest BCUT2D eigenvalue weighted by atomic mass is 9.99. The molecule has 0 aromatic rings. The molecule has 0 radical (unpaired) electrons. The molecule has 4 unspecified atom stereocenters. The zero-order chi connectivity index (χ0) is 21.4. The third-order valence-electron chi connectivity index (χ3n) is 4.83. The number of carbonyl (C=O) groups excluding carboxylic acids is 4. The van der Waals surface area contributed by atoms with Crippen LogP contribution >= 0.6 is 0 Å². The standard InChI is InChI=1S/C17H29N5O6/c1-3-9(2)14(19)16(27)21-10(7-12(18)23)17(28)22-6-4-5-11(22)15(26)20-8-13(24)25/h9-11,14H,3-8,19H2,1-2H3,(H2,18,23)(H,20,26)(H,21,27)(H,24,25). The Balaban J connectivity index is 2.90. The van der Waals surface area contributed by atoms with Crippen molar-refractivity contribution in [3.8, 4) is 0 Å². The van der Waals surface area contributed by atoms with Crippen LogP contribution in [-0.2, 0) is 24.0 Å². The summed E-state index contributed by atoms with van der Waals surface area (Å²) in [5.41, 5.74) is 11.1. The largest absolute Gasteiger partial charge is 0.480 e. The van der Waals surface area contributed by atoms with Gasteiger partial charge in [0, 0.05) is 6.54 Å². The van der Waals surface area contributed by atoms with Gasteiger partial charge in [-0.05, 0) is 18.8 Å². The average Bonchev–Trinajstić information content (AvgIpc) is 3.12. The number of amides is 4. The molecule has 1 rings (SSSR count). The Hall–Kier alpha value is -2.69. The van der Waals surface area contributed by atoms with Crippen molar-refractivity contribution in [3.05, 3.63) is 0 Å². The number of hydrogen-bond acceptors (Lipinski definition) is 6. The molecule has 7 N–H and O–H groups in total. The lowest BCUT2D eigenvalue weighted by Gasteiger charge is -2.29. The number of carbonyl (C=O) groups is 5. The summed E-state index contributed by atoms with van der Waals surface area (Å²) in [7, 11) is 0. The number of nitrogens with zero attached hydrogens (tertiary/aromatic N) is 1. The maximum absolute atomic E-state index is 12.9. The van der Waals surface area contributed by atoms with Crippen molar-refractivity contribution in [2.24, 2.45) is 17.4 Å². The fourth-order valence-corrected chi connectivity index (χ4v) is 2.97. The van der Waals surface area contributed by atoms with E-state index in [2.05, 4.69) is 10.6 Å². The van der Waals surface area contributed by atoms with E-state index >= 15 is 0 Å². The predicted octanol–water partition coefficient (Wildman–Crippen LogP) is -2.09. The van der Waals surface area contributed by atoms with Crippen LogP contribution in [0.3, 0.4) is 0 Å². The average molecular weight is 399 g/mol. The molecule has 1 aliphatic rings. The topological polar surface area (TPSA) is 185 Å². The SMILES string of the molecule is CCC(C)C(N)C(=O)NC(CC(N)=O)C(=O)N1CCCC1C(=O)NCC(=O)O. The number of rotatable bonds is 10. The predicted molar refractivity (Wildman–Crippen MR) is 98.6 cm³/mol. The van der Waals surface area contributed by atoms with Crippen LogP contribution in [0.5, 0.6) is 0 Å². The van der Waals surface area contributed by atoms with Crippen molar-refractivity contribution in [3.63, 3.8) is 0 Å². The zero-order valence-corrected chi connectivity index (χ0v) is 16.1. The van der Waals surface area contributed by atoms with E-state index < -0.39 is 60.7 Å². The fourth-order valence-electron chi connectivity index (χ4n) is 2.97. The number of likely N-dealkylation sites (tertiary alicyclic amines) is 1. The van der Waals surface area contributed by atoms with Crippen LogP contribution in [0.1, 0.15) is 39.5 Å². The van der Waals surface area contributed by atoms with Gasteiger partial charge in [0.05, 0.1) is 12.5 Å². The summed E-state index contributed by atoms with van der Waals surface area (Å²) in [4.78, 5) is 60.7. The summed E-state index contributed by atoms with van der Waals surface area (Å²) in [5, 5.41) is 13.4. The van der Waals surface area contributed by atoms with Gasteiger partial charge in [-0.15, -0.1) is 0 Å². The van der Waals surface area contributed by atoms with E-state index in [4.69, 9.17) is 16.6 Å². The van der Waals surface area contributed by atoms with Gasteiger partial charge in [-0.1, -0.05) is 20.3 Å². The second-order valence-corrected chi connectivity index (χ2v) is 6.94. The van der Waals surface area contributed by atoms with Gasteiger partial charge in [0.25, 0.3) is 0 Å². The molecular formula is C17H29N5O6. The van der Waals surface area contributed by atoms with Crippen LogP contribution in [0.2, 0.25) is 0 Å². The highest BCUT2D eigenvalue weighted by molar-refractivity contribution is 5.96. The molecule has 1 heterocycles. The number of carboxylic acid groups (broad SMARTS) is 1. The van der Waals surface area contributed by atoms with Gasteiger partial charge in [0.1, 0.15) is 18.6 Å². The Bertz CT molecular complexity index is 625. The van der Waals surface area contributed by atoms with Gasteiger partial charge >= 0.3 is 5.97 Å². The van der Waals surface area contributed by atoms with Crippen LogP contribution < -0.4 is 22.1 Å². The molecule has 0 spiro atoms. The van der Waals surface area contributed by atoms with Gasteiger partial charge in [0.15, 0.2) is 0 Å². The van der Waals surface area contributed by atoms with Gasteiger partial charge < -0.3 is 32.1 Å². The molecule has 0 aromatic heterocycles. The summed E-state index contributed by atoms with van der Waals surface area (Å²) in [6, 6.07) is -2.98. The maximum atomic E-state index is 12.9. The minimum absolute atomic E-state index is 0.134. The molecular weight excluding hydrogens is 370 g/mol. The Morgan fingerprint density at radius 2 is 1.89 bits per heavy atom. The van der Waals surface area contributed by atoms with E-state index in [0.29, 0.717) is 19.3 Å². The molecule has 1 saturated heterocycles. The molecule has 0 aromatic carbocycles. The first-order chi connectivity index (χ1) is 13.1. The van der Waals surface area contributed by atoms with Crippen LogP contribution in [-0.4, -0.2) is 70.8 Å². The molecule has 0 bridgehead atoms. The molecule has 0 aliphatic carbocycles. The lowest BCUT2D eigenvalue weighted by molar-refractivity contribution is -0.143. The summed E-state index contributed by atoms with van der Waals surface area (Å²) >= 11 is 0. The molecule has 1 aliphatic heterocycles. The first kappa shape index (κ1) is 23.3. The smallest absolute Gasteiger partial charge is 0.322 e. The Morgan fingerprint density at radius 1 is 1.25 bits per heavy atom. The summed E-state index contributed by atoms with van der Waals surface area (Å²) in [5.74, 6) is -3.94. The van der Waals surface area contributed by atoms with E-state index in [-0.39, 0.29) is 12.5 Å². The normalized spacial score (nSPS) is 19.4. The van der Waals surface area contributed by atoms with E-state index in [0.717, 1.165) is 0 Å². The number of aliphatic carboxylic acids is 1. The Labute approximate surface area is 163 Å². The van der Waals surface area contributed by atoms with Crippen LogP contribution in [0.4, 0.5) is 0 Å². The fraction of sp³-hybridized carbons (Fsp3) is 0.706. The first-order valence-corrected chi connectivity index (χ1v) is 9.22. The van der Waals surface area contributed by atoms with Gasteiger partial charge in [-0.3, -0.25) is 24.0 Å². The highest BCUT2D eigenvalue weighted by Crippen LogP contribution is 2.19. The minimum Gasteiger partial charge on any atom is -0.480 e. The maximum Gasteiger partial charge on any atom is 0.322 e. The van der Waals surface area contributed by atoms with Crippen molar-refractivity contribution in [1.82, 2.24) is 15.5 Å². The second-order valence-electron chi connectivity index (χ2n) is 6.94. The van der Waals surface area contributed by atoms with Crippen molar-refractivity contribution in [2.45, 2.75) is 57.7 Å². The second kappa shape index (κ2) is 10.6. The highest BCUT2D eigenvalue weighted by Gasteiger charge is 2.38. The monoisotopic (exact) mass is 399 g/mol. The van der Waals surface area contributed by atoms with Gasteiger partial charge in [0.2, 0.25) is 23.6 Å². The minimum atomic E-state index is -1.24. The van der Waals surface area contributed by atoms with Crippen LogP contribution in [0.15, 0.2) is 0 Å². The number of hydrogen-bond donors (Lipinski definition) is 5. The van der Waals surface area contributed by atoms with Crippen LogP contribution in [0.25, 0.3) is 0 Å². The quantitative estimate of drug-likeness (QED) is 0.279. The molecule has 158 valence electrons. The zero-order valence-electron chi connectivity index (χ0n) is 16.1. The van der Waals surface area contributed by atoms with Crippen molar-refractivity contribution < 1.29 is 29.1 Å². The number of carboxylic acids is 1. The lowest BCUT2D eigenvalue weighted by Crippen LogP contribution is -2.57. The molecule has 0 saturated carbocycles. The highest BCUT2D eigenvalue weighted by atomic mass is 16.4. The van der Waals surface area contributed by atoms with E-state index in [1.54, 1.807) is 6.92 Å². The van der Waals surface area contributed by atoms with E-state index in [1.165, 1.54) is 4.90 Å². The Kier molecular flexibility index (Phi) is 8.83. The molecule has 11 nitrogen and oxygen atoms in total. The summed E-state index contributed by atoms with van der Waals surface area (Å²) < 4.78 is 0. The van der Waals surface area contributed by atoms with Crippen molar-refractivity contribution >= 4 is 29.6 Å². The number of nitrogens with two attached hydrogens (primary N) is 2. The first-order valence-electron chi connectivity index (χ1n) is 9.22. The van der Waals surface area contributed by atoms with E-state index in [1.807, 2.05) is 6.92 Å². The molecule has 4 atom stereocenters. The summed E-state index contributed by atoms with van der Waals surface area (Å²) in [6.07, 6.45) is 1.10. The molecule has 11 heteroatoms. The van der Waals surface area contributed by atoms with Gasteiger partial charge in [-0.2, -0.15) is 0 Å². The van der Waals surface area contributed by atoms with Crippen LogP contribution in [0, 0.1) is 5.92 Å². The summed E-state index contributed by atoms with van der Waals surface area (Å²) in [6.45, 7) is 3.34. The molecule has 4 amide bonds. The third kappa shape index (κ3) is 6.48. The Morgan fingerprint density at radius 3 is 2.43 bits per heavy atom. The van der Waals surface area contributed by atoms with Crippen molar-refractivity contribution in [1.29, 1.82) is 0 Å². The van der Waals surface area contributed by atoms with Gasteiger partial charge in [-0.25, -0.2) is 0 Å². The molecule has 28 heavy (non-hydrogen) atoms. The number of primary amides is 1. The van der Waals surface area contributed by atoms with E-state index in [9.17, 15) is 24.0 Å². The number of nitrogens with one attached hydrogen (secondary N) is 2.